The summed E-state index contributed by atoms with van der Waals surface area (Å²) in [6.07, 6.45) is -3.82. The predicted molar refractivity (Wildman–Crippen MR) is 94.0 cm³/mol. The van der Waals surface area contributed by atoms with E-state index in [-0.39, 0.29) is 18.3 Å². The normalized spacial score (nSPS) is 18.1. The van der Waals surface area contributed by atoms with E-state index in [1.54, 1.807) is 0 Å². The van der Waals surface area contributed by atoms with Gasteiger partial charge in [-0.3, -0.25) is 9.69 Å². The van der Waals surface area contributed by atoms with Gasteiger partial charge in [-0.05, 0) is 12.0 Å². The molecule has 0 radical (unpaired) electrons. The zero-order valence-corrected chi connectivity index (χ0v) is 15.0. The van der Waals surface area contributed by atoms with Crippen molar-refractivity contribution in [1.29, 1.82) is 0 Å². The van der Waals surface area contributed by atoms with Crippen molar-refractivity contribution in [2.75, 3.05) is 32.7 Å². The van der Waals surface area contributed by atoms with E-state index < -0.39 is 24.7 Å². The first-order valence-corrected chi connectivity index (χ1v) is 8.27. The Hall–Kier alpha value is -1.31. The average Bonchev–Trinajstić information content (AvgIpc) is 2.56. The maximum Gasteiger partial charge on any atom is 0.405 e. The number of alkyl halides is 3. The largest absolute Gasteiger partial charge is 0.405 e. The molecule has 1 aromatic carbocycles. The van der Waals surface area contributed by atoms with Crippen molar-refractivity contribution >= 4 is 18.3 Å². The number of halogens is 4. The SMILES string of the molecule is CCC(C(=O)NCC(N1CCNCC1)C(F)(F)F)c1ccccc1.Cl. The van der Waals surface area contributed by atoms with Gasteiger partial charge in [-0.2, -0.15) is 13.2 Å². The summed E-state index contributed by atoms with van der Waals surface area (Å²) in [5.41, 5.74) is 0.822. The van der Waals surface area contributed by atoms with E-state index in [0.717, 1.165) is 5.56 Å². The molecular weight excluding hydrogens is 355 g/mol. The Morgan fingerprint density at radius 2 is 1.84 bits per heavy atom. The zero-order chi connectivity index (χ0) is 17.6. The molecule has 1 aromatic rings. The topological polar surface area (TPSA) is 44.4 Å². The highest BCUT2D eigenvalue weighted by Gasteiger charge is 2.44. The molecule has 142 valence electrons. The fourth-order valence-electron chi connectivity index (χ4n) is 3.02. The maximum absolute atomic E-state index is 13.3. The second kappa shape index (κ2) is 9.99. The van der Waals surface area contributed by atoms with Crippen LogP contribution in [0.3, 0.4) is 0 Å². The van der Waals surface area contributed by atoms with Crippen molar-refractivity contribution < 1.29 is 18.0 Å². The minimum absolute atomic E-state index is 0. The van der Waals surface area contributed by atoms with Crippen LogP contribution >= 0.6 is 12.4 Å². The van der Waals surface area contributed by atoms with Crippen molar-refractivity contribution in [3.8, 4) is 0 Å². The molecule has 0 saturated carbocycles. The highest BCUT2D eigenvalue weighted by molar-refractivity contribution is 5.85. The average molecular weight is 380 g/mol. The van der Waals surface area contributed by atoms with Crippen LogP contribution in [-0.2, 0) is 4.79 Å². The van der Waals surface area contributed by atoms with E-state index in [4.69, 9.17) is 0 Å². The second-order valence-corrected chi connectivity index (χ2v) is 5.96. The number of rotatable bonds is 6. The summed E-state index contributed by atoms with van der Waals surface area (Å²) in [6, 6.07) is 7.50. The molecule has 0 aliphatic carbocycles. The molecular formula is C17H25ClF3N3O. The Labute approximate surface area is 152 Å². The van der Waals surface area contributed by atoms with E-state index in [9.17, 15) is 18.0 Å². The van der Waals surface area contributed by atoms with Gasteiger partial charge in [0.15, 0.2) is 0 Å². The molecule has 1 heterocycles. The number of hydrogen-bond acceptors (Lipinski definition) is 3. The lowest BCUT2D eigenvalue weighted by Gasteiger charge is -2.36. The van der Waals surface area contributed by atoms with Crippen molar-refractivity contribution in [2.45, 2.75) is 31.5 Å². The van der Waals surface area contributed by atoms with Crippen LogP contribution in [-0.4, -0.2) is 55.7 Å². The number of piperazine rings is 1. The van der Waals surface area contributed by atoms with Gasteiger partial charge in [-0.25, -0.2) is 0 Å². The Morgan fingerprint density at radius 1 is 1.24 bits per heavy atom. The van der Waals surface area contributed by atoms with Gasteiger partial charge in [-0.1, -0.05) is 37.3 Å². The quantitative estimate of drug-likeness (QED) is 0.798. The number of carbonyl (C=O) groups is 1. The summed E-state index contributed by atoms with van der Waals surface area (Å²) in [5.74, 6) is -0.781. The lowest BCUT2D eigenvalue weighted by atomic mass is 9.95. The third-order valence-electron chi connectivity index (χ3n) is 4.37. The van der Waals surface area contributed by atoms with Gasteiger partial charge in [0, 0.05) is 32.7 Å². The van der Waals surface area contributed by atoms with E-state index >= 15 is 0 Å². The molecule has 2 unspecified atom stereocenters. The van der Waals surface area contributed by atoms with Gasteiger partial charge >= 0.3 is 6.18 Å². The highest BCUT2D eigenvalue weighted by atomic mass is 35.5. The minimum Gasteiger partial charge on any atom is -0.354 e. The smallest absolute Gasteiger partial charge is 0.354 e. The van der Waals surface area contributed by atoms with Crippen molar-refractivity contribution in [3.63, 3.8) is 0 Å². The van der Waals surface area contributed by atoms with Crippen LogP contribution in [0.2, 0.25) is 0 Å². The molecule has 0 spiro atoms. The lowest BCUT2D eigenvalue weighted by molar-refractivity contribution is -0.184. The first-order valence-electron chi connectivity index (χ1n) is 8.27. The van der Waals surface area contributed by atoms with Gasteiger partial charge < -0.3 is 10.6 Å². The molecule has 8 heteroatoms. The minimum atomic E-state index is -4.36. The summed E-state index contributed by atoms with van der Waals surface area (Å²) in [5, 5.41) is 5.55. The number of hydrogen-bond donors (Lipinski definition) is 2. The third-order valence-corrected chi connectivity index (χ3v) is 4.37. The van der Waals surface area contributed by atoms with Gasteiger partial charge in [0.1, 0.15) is 6.04 Å². The molecule has 1 aliphatic rings. The zero-order valence-electron chi connectivity index (χ0n) is 14.2. The maximum atomic E-state index is 13.3. The van der Waals surface area contributed by atoms with Crippen LogP contribution in [0.25, 0.3) is 0 Å². The van der Waals surface area contributed by atoms with Crippen LogP contribution in [0, 0.1) is 0 Å². The van der Waals surface area contributed by atoms with Crippen LogP contribution in [0.1, 0.15) is 24.8 Å². The summed E-state index contributed by atoms with van der Waals surface area (Å²) < 4.78 is 40.0. The first kappa shape index (κ1) is 21.7. The second-order valence-electron chi connectivity index (χ2n) is 5.96. The van der Waals surface area contributed by atoms with E-state index in [1.165, 1.54) is 4.90 Å². The Morgan fingerprint density at radius 3 is 2.36 bits per heavy atom. The molecule has 2 rings (SSSR count). The van der Waals surface area contributed by atoms with Crippen LogP contribution < -0.4 is 10.6 Å². The Bertz CT molecular complexity index is 522. The number of benzene rings is 1. The fraction of sp³-hybridized carbons (Fsp3) is 0.588. The Balaban J connectivity index is 0.00000312. The molecule has 1 fully saturated rings. The molecule has 25 heavy (non-hydrogen) atoms. The number of nitrogens with one attached hydrogen (secondary N) is 2. The molecule has 1 aliphatic heterocycles. The van der Waals surface area contributed by atoms with Gasteiger partial charge in [0.2, 0.25) is 5.91 Å². The van der Waals surface area contributed by atoms with Crippen molar-refractivity contribution in [3.05, 3.63) is 35.9 Å². The van der Waals surface area contributed by atoms with Crippen molar-refractivity contribution in [1.82, 2.24) is 15.5 Å². The predicted octanol–water partition coefficient (Wildman–Crippen LogP) is 2.55. The van der Waals surface area contributed by atoms with E-state index in [0.29, 0.717) is 32.6 Å². The van der Waals surface area contributed by atoms with Gasteiger partial charge in [-0.15, -0.1) is 12.4 Å². The van der Waals surface area contributed by atoms with E-state index in [2.05, 4.69) is 10.6 Å². The third kappa shape index (κ3) is 6.17. The summed E-state index contributed by atoms with van der Waals surface area (Å²) >= 11 is 0. The standard InChI is InChI=1S/C17H24F3N3O.ClH/c1-2-14(13-6-4-3-5-7-13)16(24)22-12-15(17(18,19)20)23-10-8-21-9-11-23;/h3-7,14-15,21H,2,8-12H2,1H3,(H,22,24);1H. The fourth-order valence-corrected chi connectivity index (χ4v) is 3.02. The van der Waals surface area contributed by atoms with Crippen LogP contribution in [0.4, 0.5) is 13.2 Å². The van der Waals surface area contributed by atoms with Crippen molar-refractivity contribution in [2.24, 2.45) is 0 Å². The number of amides is 1. The summed E-state index contributed by atoms with van der Waals surface area (Å²) in [4.78, 5) is 13.8. The Kier molecular flexibility index (Phi) is 8.68. The van der Waals surface area contributed by atoms with Gasteiger partial charge in [0.25, 0.3) is 0 Å². The van der Waals surface area contributed by atoms with E-state index in [1.807, 2.05) is 37.3 Å². The number of nitrogens with zero attached hydrogens (tertiary/aromatic N) is 1. The monoisotopic (exact) mass is 379 g/mol. The molecule has 4 nitrogen and oxygen atoms in total. The highest BCUT2D eigenvalue weighted by Crippen LogP contribution is 2.25. The first-order chi connectivity index (χ1) is 11.4. The lowest BCUT2D eigenvalue weighted by Crippen LogP contribution is -2.57. The van der Waals surface area contributed by atoms with Crippen LogP contribution in [0.15, 0.2) is 30.3 Å². The molecule has 1 saturated heterocycles. The molecule has 0 aromatic heterocycles. The molecule has 2 N–H and O–H groups in total. The molecule has 1 amide bonds. The number of carbonyl (C=O) groups excluding carboxylic acids is 1. The summed E-state index contributed by atoms with van der Waals surface area (Å²) in [6.45, 7) is 3.16. The van der Waals surface area contributed by atoms with Gasteiger partial charge in [0.05, 0.1) is 5.92 Å². The molecule has 0 bridgehead atoms. The summed E-state index contributed by atoms with van der Waals surface area (Å²) in [7, 11) is 0. The van der Waals surface area contributed by atoms with Crippen LogP contribution in [0.5, 0.6) is 0 Å². The molecule has 2 atom stereocenters.